The number of rotatable bonds is 4. The van der Waals surface area contributed by atoms with Crippen LogP contribution in [0, 0.1) is 6.92 Å². The third kappa shape index (κ3) is 2.75. The molecule has 5 nitrogen and oxygen atoms in total. The van der Waals surface area contributed by atoms with E-state index in [1.807, 2.05) is 6.92 Å². The minimum atomic E-state index is -3.69. The maximum atomic E-state index is 12.5. The average molecular weight is 293 g/mol. The highest BCUT2D eigenvalue weighted by Crippen LogP contribution is 2.17. The number of aromatic nitrogens is 1. The molecule has 0 amide bonds. The second-order valence-corrected chi connectivity index (χ2v) is 6.18. The van der Waals surface area contributed by atoms with Crippen LogP contribution in [0.5, 0.6) is 0 Å². The summed E-state index contributed by atoms with van der Waals surface area (Å²) >= 11 is 0. The van der Waals surface area contributed by atoms with Gasteiger partial charge >= 0.3 is 5.97 Å². The first-order chi connectivity index (χ1) is 9.45. The Hall–Kier alpha value is -2.08. The fourth-order valence-electron chi connectivity index (χ4n) is 1.82. The standard InChI is InChI=1S/C14H15NO4S/c1-11-5-7-13(8-6-11)20(17,18)15-9-3-4-12(15)10-14(16)19-2/h3-9H,10H2,1-2H3. The van der Waals surface area contributed by atoms with Crippen molar-refractivity contribution in [2.45, 2.75) is 18.2 Å². The number of ether oxygens (including phenoxy) is 1. The predicted molar refractivity (Wildman–Crippen MR) is 73.9 cm³/mol. The van der Waals surface area contributed by atoms with Gasteiger partial charge in [-0.3, -0.25) is 4.79 Å². The number of aryl methyl sites for hydroxylation is 1. The Balaban J connectivity index is 2.42. The summed E-state index contributed by atoms with van der Waals surface area (Å²) in [5.74, 6) is -0.482. The number of hydrogen-bond acceptors (Lipinski definition) is 4. The molecular weight excluding hydrogens is 278 g/mol. The van der Waals surface area contributed by atoms with Gasteiger partial charge in [-0.1, -0.05) is 17.7 Å². The Kier molecular flexibility index (Phi) is 3.94. The van der Waals surface area contributed by atoms with Gasteiger partial charge in [0.2, 0.25) is 0 Å². The zero-order valence-electron chi connectivity index (χ0n) is 11.2. The quantitative estimate of drug-likeness (QED) is 0.806. The maximum absolute atomic E-state index is 12.5. The molecule has 0 aliphatic rings. The number of hydrogen-bond donors (Lipinski definition) is 0. The van der Waals surface area contributed by atoms with E-state index in [2.05, 4.69) is 4.74 Å². The summed E-state index contributed by atoms with van der Waals surface area (Å²) in [5, 5.41) is 0. The molecule has 0 aliphatic heterocycles. The van der Waals surface area contributed by atoms with Crippen molar-refractivity contribution in [3.05, 3.63) is 53.9 Å². The van der Waals surface area contributed by atoms with Gasteiger partial charge < -0.3 is 4.74 Å². The number of carbonyl (C=O) groups is 1. The topological polar surface area (TPSA) is 65.4 Å². The molecule has 0 bridgehead atoms. The summed E-state index contributed by atoms with van der Waals surface area (Å²) in [6, 6.07) is 9.73. The highest BCUT2D eigenvalue weighted by Gasteiger charge is 2.20. The molecule has 1 heterocycles. The molecule has 0 fully saturated rings. The van der Waals surface area contributed by atoms with Gasteiger partial charge in [-0.05, 0) is 31.2 Å². The average Bonchev–Trinajstić information content (AvgIpc) is 2.88. The molecule has 20 heavy (non-hydrogen) atoms. The summed E-state index contributed by atoms with van der Waals surface area (Å²) in [7, 11) is -2.42. The molecule has 106 valence electrons. The summed E-state index contributed by atoms with van der Waals surface area (Å²) in [4.78, 5) is 11.5. The van der Waals surface area contributed by atoms with E-state index < -0.39 is 16.0 Å². The predicted octanol–water partition coefficient (Wildman–Crippen LogP) is 1.75. The Morgan fingerprint density at radius 2 is 1.85 bits per heavy atom. The fraction of sp³-hybridized carbons (Fsp3) is 0.214. The van der Waals surface area contributed by atoms with Crippen LogP contribution >= 0.6 is 0 Å². The van der Waals surface area contributed by atoms with E-state index in [0.29, 0.717) is 5.69 Å². The van der Waals surface area contributed by atoms with E-state index in [0.717, 1.165) is 9.54 Å². The normalized spacial score (nSPS) is 11.3. The Labute approximate surface area is 117 Å². The fourth-order valence-corrected chi connectivity index (χ4v) is 3.19. The SMILES string of the molecule is COC(=O)Cc1cccn1S(=O)(=O)c1ccc(C)cc1. The minimum absolute atomic E-state index is 0.0887. The molecular formula is C14H15NO4S. The highest BCUT2D eigenvalue weighted by molar-refractivity contribution is 7.90. The number of esters is 1. The first-order valence-electron chi connectivity index (χ1n) is 6.00. The molecule has 0 radical (unpaired) electrons. The number of methoxy groups -OCH3 is 1. The molecule has 0 saturated heterocycles. The molecule has 1 aromatic carbocycles. The van der Waals surface area contributed by atoms with Crippen molar-refractivity contribution in [2.75, 3.05) is 7.11 Å². The molecule has 0 N–H and O–H groups in total. The van der Waals surface area contributed by atoms with E-state index in [9.17, 15) is 13.2 Å². The lowest BCUT2D eigenvalue weighted by Crippen LogP contribution is -2.17. The van der Waals surface area contributed by atoms with Crippen molar-refractivity contribution in [3.63, 3.8) is 0 Å². The van der Waals surface area contributed by atoms with E-state index in [1.165, 1.54) is 13.3 Å². The van der Waals surface area contributed by atoms with Gasteiger partial charge in [-0.25, -0.2) is 12.4 Å². The summed E-state index contributed by atoms with van der Waals surface area (Å²) in [6.07, 6.45) is 1.34. The van der Waals surface area contributed by atoms with Crippen LogP contribution in [0.15, 0.2) is 47.5 Å². The van der Waals surface area contributed by atoms with Gasteiger partial charge in [0.25, 0.3) is 10.0 Å². The monoisotopic (exact) mass is 293 g/mol. The van der Waals surface area contributed by atoms with Crippen molar-refractivity contribution in [1.82, 2.24) is 3.97 Å². The lowest BCUT2D eigenvalue weighted by atomic mass is 10.2. The van der Waals surface area contributed by atoms with Crippen LogP contribution in [-0.2, 0) is 26.0 Å². The van der Waals surface area contributed by atoms with E-state index in [1.54, 1.807) is 36.4 Å². The van der Waals surface area contributed by atoms with Gasteiger partial charge in [-0.15, -0.1) is 0 Å². The molecule has 6 heteroatoms. The first kappa shape index (κ1) is 14.3. The van der Waals surface area contributed by atoms with Crippen molar-refractivity contribution < 1.29 is 17.9 Å². The van der Waals surface area contributed by atoms with Crippen LogP contribution in [0.3, 0.4) is 0 Å². The molecule has 0 saturated carbocycles. The molecule has 0 spiro atoms. The van der Waals surface area contributed by atoms with Crippen LogP contribution in [0.1, 0.15) is 11.3 Å². The smallest absolute Gasteiger partial charge is 0.311 e. The summed E-state index contributed by atoms with van der Waals surface area (Å²) in [5.41, 5.74) is 1.35. The van der Waals surface area contributed by atoms with Crippen LogP contribution in [0.4, 0.5) is 0 Å². The lowest BCUT2D eigenvalue weighted by molar-refractivity contribution is -0.139. The molecule has 0 unspecified atom stereocenters. The van der Waals surface area contributed by atoms with Crippen LogP contribution < -0.4 is 0 Å². The van der Waals surface area contributed by atoms with Gasteiger partial charge in [0.1, 0.15) is 0 Å². The van der Waals surface area contributed by atoms with Crippen LogP contribution in [0.2, 0.25) is 0 Å². The summed E-state index contributed by atoms with van der Waals surface area (Å²) < 4.78 is 30.7. The third-order valence-corrected chi connectivity index (χ3v) is 4.67. The zero-order valence-corrected chi connectivity index (χ0v) is 12.1. The van der Waals surface area contributed by atoms with E-state index >= 15 is 0 Å². The number of carbonyl (C=O) groups excluding carboxylic acids is 1. The van der Waals surface area contributed by atoms with E-state index in [-0.39, 0.29) is 11.3 Å². The minimum Gasteiger partial charge on any atom is -0.469 e. The van der Waals surface area contributed by atoms with Crippen molar-refractivity contribution in [1.29, 1.82) is 0 Å². The van der Waals surface area contributed by atoms with Crippen molar-refractivity contribution in [2.24, 2.45) is 0 Å². The Morgan fingerprint density at radius 1 is 1.20 bits per heavy atom. The maximum Gasteiger partial charge on any atom is 0.311 e. The summed E-state index contributed by atoms with van der Waals surface area (Å²) in [6.45, 7) is 1.88. The second kappa shape index (κ2) is 5.50. The van der Waals surface area contributed by atoms with Crippen molar-refractivity contribution >= 4 is 16.0 Å². The van der Waals surface area contributed by atoms with Gasteiger partial charge in [0, 0.05) is 11.9 Å². The van der Waals surface area contributed by atoms with Crippen molar-refractivity contribution in [3.8, 4) is 0 Å². The van der Waals surface area contributed by atoms with Gasteiger partial charge in [-0.2, -0.15) is 0 Å². The molecule has 0 aliphatic carbocycles. The highest BCUT2D eigenvalue weighted by atomic mass is 32.2. The van der Waals surface area contributed by atoms with Gasteiger partial charge in [0.15, 0.2) is 0 Å². The molecule has 2 rings (SSSR count). The van der Waals surface area contributed by atoms with Gasteiger partial charge in [0.05, 0.1) is 18.4 Å². The zero-order chi connectivity index (χ0) is 14.8. The first-order valence-corrected chi connectivity index (χ1v) is 7.44. The second-order valence-electron chi connectivity index (χ2n) is 4.37. The number of nitrogens with zero attached hydrogens (tertiary/aromatic N) is 1. The third-order valence-electron chi connectivity index (χ3n) is 2.92. The Morgan fingerprint density at radius 3 is 2.45 bits per heavy atom. The molecule has 2 aromatic rings. The molecule has 0 atom stereocenters. The lowest BCUT2D eigenvalue weighted by Gasteiger charge is -2.10. The number of benzene rings is 1. The van der Waals surface area contributed by atoms with Crippen LogP contribution in [-0.4, -0.2) is 25.5 Å². The van der Waals surface area contributed by atoms with Crippen LogP contribution in [0.25, 0.3) is 0 Å². The van der Waals surface area contributed by atoms with E-state index in [4.69, 9.17) is 0 Å². The molecule has 1 aromatic heterocycles. The Bertz CT molecular complexity index is 714. The largest absolute Gasteiger partial charge is 0.469 e.